The summed E-state index contributed by atoms with van der Waals surface area (Å²) in [6.45, 7) is 18.8. The van der Waals surface area contributed by atoms with E-state index in [-0.39, 0.29) is 16.9 Å². The standard InChI is InChI=1S/C25H40BrNO4Si/c1-10-21(28)25(15-18-11-13-19(26)14-12-18)16-20(31-32(8,9)24(5,6)7)17-27(25)22(29)30-23(2,3)4/h11-14,20H,10,15-17H2,1-9H3/t20-,25?/m1/s1. The maximum Gasteiger partial charge on any atom is 0.411 e. The van der Waals surface area contributed by atoms with Crippen LogP contribution in [-0.4, -0.2) is 48.9 Å². The average molecular weight is 527 g/mol. The van der Waals surface area contributed by atoms with Crippen molar-refractivity contribution in [3.8, 4) is 0 Å². The van der Waals surface area contributed by atoms with E-state index in [0.29, 0.717) is 25.8 Å². The number of carbonyl (C=O) groups is 2. The first-order chi connectivity index (χ1) is 14.5. The van der Waals surface area contributed by atoms with E-state index in [1.165, 1.54) is 0 Å². The van der Waals surface area contributed by atoms with Crippen LogP contribution in [0, 0.1) is 0 Å². The van der Waals surface area contributed by atoms with Gasteiger partial charge in [0.1, 0.15) is 11.1 Å². The lowest BCUT2D eigenvalue weighted by atomic mass is 9.82. The van der Waals surface area contributed by atoms with E-state index in [4.69, 9.17) is 9.16 Å². The Morgan fingerprint density at radius 1 is 1.12 bits per heavy atom. The average Bonchev–Trinajstić information content (AvgIpc) is 2.99. The number of Topliss-reactive ketones (excluding diaryl/α,β-unsaturated/α-hetero) is 1. The van der Waals surface area contributed by atoms with Crippen LogP contribution in [0.15, 0.2) is 28.7 Å². The van der Waals surface area contributed by atoms with Gasteiger partial charge < -0.3 is 9.16 Å². The Labute approximate surface area is 203 Å². The Hall–Kier alpha value is -1.18. The molecule has 0 bridgehead atoms. The fraction of sp³-hybridized carbons (Fsp3) is 0.680. The Kier molecular flexibility index (Phi) is 8.11. The molecule has 1 aromatic rings. The summed E-state index contributed by atoms with van der Waals surface area (Å²) in [6, 6.07) is 7.94. The number of carbonyl (C=O) groups excluding carboxylic acids is 2. The van der Waals surface area contributed by atoms with Crippen molar-refractivity contribution in [2.45, 2.75) is 103 Å². The summed E-state index contributed by atoms with van der Waals surface area (Å²) in [4.78, 5) is 28.5. The Bertz CT molecular complexity index is 826. The van der Waals surface area contributed by atoms with Crippen molar-refractivity contribution in [3.05, 3.63) is 34.3 Å². The van der Waals surface area contributed by atoms with Gasteiger partial charge in [-0.3, -0.25) is 9.69 Å². The Morgan fingerprint density at radius 3 is 2.16 bits per heavy atom. The van der Waals surface area contributed by atoms with Gasteiger partial charge in [0.15, 0.2) is 14.1 Å². The van der Waals surface area contributed by atoms with Crippen LogP contribution in [0.4, 0.5) is 4.79 Å². The molecule has 5 nitrogen and oxygen atoms in total. The fourth-order valence-corrected chi connectivity index (χ4v) is 5.58. The van der Waals surface area contributed by atoms with Crippen LogP contribution in [0.25, 0.3) is 0 Å². The predicted octanol–water partition coefficient (Wildman–Crippen LogP) is 6.74. The van der Waals surface area contributed by atoms with Gasteiger partial charge in [-0.15, -0.1) is 0 Å². The molecule has 1 aromatic carbocycles. The summed E-state index contributed by atoms with van der Waals surface area (Å²) in [6.07, 6.45) is 0.639. The number of hydrogen-bond donors (Lipinski definition) is 0. The van der Waals surface area contributed by atoms with Gasteiger partial charge in [-0.1, -0.05) is 55.8 Å². The minimum absolute atomic E-state index is 0.0372. The van der Waals surface area contributed by atoms with Gasteiger partial charge in [-0.2, -0.15) is 0 Å². The summed E-state index contributed by atoms with van der Waals surface area (Å²) in [5.74, 6) is 0.0487. The van der Waals surface area contributed by atoms with E-state index in [1.54, 1.807) is 4.90 Å². The Balaban J connectivity index is 2.49. The van der Waals surface area contributed by atoms with Crippen LogP contribution < -0.4 is 0 Å². The molecule has 1 fully saturated rings. The molecule has 1 unspecified atom stereocenters. The molecule has 0 spiro atoms. The molecule has 180 valence electrons. The number of likely N-dealkylation sites (tertiary alicyclic amines) is 1. The third kappa shape index (κ3) is 6.23. The van der Waals surface area contributed by atoms with Gasteiger partial charge >= 0.3 is 6.09 Å². The second kappa shape index (κ2) is 9.59. The summed E-state index contributed by atoms with van der Waals surface area (Å²) >= 11 is 3.48. The number of nitrogens with zero attached hydrogens (tertiary/aromatic N) is 1. The Morgan fingerprint density at radius 2 is 1.69 bits per heavy atom. The van der Waals surface area contributed by atoms with Gasteiger partial charge in [-0.05, 0) is 56.6 Å². The summed E-state index contributed by atoms with van der Waals surface area (Å²) in [5, 5.41) is 0.0372. The van der Waals surface area contributed by atoms with Gasteiger partial charge in [0.2, 0.25) is 0 Å². The number of ketones is 1. The molecule has 0 saturated carbocycles. The number of amides is 1. The molecule has 1 aliphatic heterocycles. The number of rotatable bonds is 6. The zero-order valence-electron chi connectivity index (χ0n) is 21.2. The number of ether oxygens (including phenoxy) is 1. The van der Waals surface area contributed by atoms with E-state index in [2.05, 4.69) is 49.8 Å². The van der Waals surface area contributed by atoms with E-state index in [0.717, 1.165) is 10.0 Å². The van der Waals surface area contributed by atoms with Crippen LogP contribution in [-0.2, 0) is 20.4 Å². The highest BCUT2D eigenvalue weighted by atomic mass is 79.9. The molecule has 7 heteroatoms. The largest absolute Gasteiger partial charge is 0.444 e. The van der Waals surface area contributed by atoms with Gasteiger partial charge in [0.25, 0.3) is 0 Å². The van der Waals surface area contributed by atoms with Crippen molar-refractivity contribution in [2.24, 2.45) is 0 Å². The lowest BCUT2D eigenvalue weighted by Gasteiger charge is -2.38. The smallest absolute Gasteiger partial charge is 0.411 e. The van der Waals surface area contributed by atoms with E-state index < -0.39 is 25.6 Å². The zero-order valence-corrected chi connectivity index (χ0v) is 23.8. The van der Waals surface area contributed by atoms with Crippen LogP contribution in [0.2, 0.25) is 18.1 Å². The minimum Gasteiger partial charge on any atom is -0.444 e. The summed E-state index contributed by atoms with van der Waals surface area (Å²) in [7, 11) is -2.08. The van der Waals surface area contributed by atoms with Gasteiger partial charge in [0.05, 0.1) is 12.6 Å². The first-order valence-electron chi connectivity index (χ1n) is 11.5. The zero-order chi connectivity index (χ0) is 24.5. The monoisotopic (exact) mass is 525 g/mol. The lowest BCUT2D eigenvalue weighted by Crippen LogP contribution is -2.55. The molecule has 0 N–H and O–H groups in total. The molecule has 0 radical (unpaired) electrons. The molecule has 32 heavy (non-hydrogen) atoms. The third-order valence-corrected chi connectivity index (χ3v) is 11.7. The van der Waals surface area contributed by atoms with E-state index >= 15 is 0 Å². The third-order valence-electron chi connectivity index (χ3n) is 6.60. The number of hydrogen-bond acceptors (Lipinski definition) is 4. The van der Waals surface area contributed by atoms with Crippen LogP contribution >= 0.6 is 15.9 Å². The second-order valence-electron chi connectivity index (χ2n) is 11.4. The molecular weight excluding hydrogens is 486 g/mol. The van der Waals surface area contributed by atoms with Crippen molar-refractivity contribution in [3.63, 3.8) is 0 Å². The van der Waals surface area contributed by atoms with Gasteiger partial charge in [-0.25, -0.2) is 4.79 Å². The molecule has 1 aliphatic rings. The van der Waals surface area contributed by atoms with Crippen LogP contribution in [0.3, 0.4) is 0 Å². The lowest BCUT2D eigenvalue weighted by molar-refractivity contribution is -0.129. The normalized spacial score (nSPS) is 22.2. The summed E-state index contributed by atoms with van der Waals surface area (Å²) in [5.41, 5.74) is -0.608. The molecule has 1 heterocycles. The predicted molar refractivity (Wildman–Crippen MR) is 136 cm³/mol. The molecule has 2 atom stereocenters. The highest BCUT2D eigenvalue weighted by Gasteiger charge is 2.55. The van der Waals surface area contributed by atoms with Crippen molar-refractivity contribution in [1.82, 2.24) is 4.90 Å². The highest BCUT2D eigenvalue weighted by Crippen LogP contribution is 2.42. The minimum atomic E-state index is -2.08. The maximum absolute atomic E-state index is 13.5. The molecule has 1 amide bonds. The molecular formula is C25H40BrNO4Si. The second-order valence-corrected chi connectivity index (χ2v) is 17.1. The highest BCUT2D eigenvalue weighted by molar-refractivity contribution is 9.10. The fourth-order valence-electron chi connectivity index (χ4n) is 3.97. The topological polar surface area (TPSA) is 55.8 Å². The van der Waals surface area contributed by atoms with Crippen molar-refractivity contribution >= 4 is 36.1 Å². The van der Waals surface area contributed by atoms with Gasteiger partial charge in [0, 0.05) is 23.7 Å². The molecule has 0 aliphatic carbocycles. The quantitative estimate of drug-likeness (QED) is 0.385. The maximum atomic E-state index is 13.5. The van der Waals surface area contributed by atoms with E-state index in [1.807, 2.05) is 52.0 Å². The van der Waals surface area contributed by atoms with Crippen LogP contribution in [0.5, 0.6) is 0 Å². The van der Waals surface area contributed by atoms with E-state index in [9.17, 15) is 9.59 Å². The summed E-state index contributed by atoms with van der Waals surface area (Å²) < 4.78 is 13.4. The SMILES string of the molecule is CCC(=O)C1(Cc2ccc(Br)cc2)C[C@@H](O[Si](C)(C)C(C)(C)C)CN1C(=O)OC(C)(C)C. The first-order valence-corrected chi connectivity index (χ1v) is 15.2. The molecule has 0 aromatic heterocycles. The first kappa shape index (κ1) is 27.1. The van der Waals surface area contributed by atoms with Crippen LogP contribution in [0.1, 0.15) is 66.9 Å². The number of benzene rings is 1. The van der Waals surface area contributed by atoms with Crippen molar-refractivity contribution in [1.29, 1.82) is 0 Å². The van der Waals surface area contributed by atoms with Crippen molar-refractivity contribution < 1.29 is 18.8 Å². The number of halogens is 1. The molecule has 1 saturated heterocycles. The molecule has 2 rings (SSSR count). The van der Waals surface area contributed by atoms with Crippen molar-refractivity contribution in [2.75, 3.05) is 6.54 Å².